The number of hydrogen-bond acceptors (Lipinski definition) is 3. The number of nitrogens with one attached hydrogen (secondary N) is 2. The SMILES string of the molecule is CC(NCCC1CC1)c1ccc2c(c1)NC(=O)CO2. The second-order valence-corrected chi connectivity index (χ2v) is 5.50. The Morgan fingerprint density at radius 3 is 3.11 bits per heavy atom. The lowest BCUT2D eigenvalue weighted by Crippen LogP contribution is -2.26. The molecular formula is C15H20N2O2. The van der Waals surface area contributed by atoms with E-state index in [0.717, 1.165) is 23.9 Å². The molecule has 4 heteroatoms. The molecule has 1 heterocycles. The van der Waals surface area contributed by atoms with Gasteiger partial charge in [-0.15, -0.1) is 0 Å². The van der Waals surface area contributed by atoms with E-state index in [0.29, 0.717) is 6.04 Å². The van der Waals surface area contributed by atoms with Gasteiger partial charge in [0.1, 0.15) is 5.75 Å². The van der Waals surface area contributed by atoms with Crippen LogP contribution in [0.15, 0.2) is 18.2 Å². The molecule has 1 amide bonds. The van der Waals surface area contributed by atoms with Crippen molar-refractivity contribution in [1.29, 1.82) is 0 Å². The highest BCUT2D eigenvalue weighted by Crippen LogP contribution is 2.33. The van der Waals surface area contributed by atoms with E-state index in [2.05, 4.69) is 23.6 Å². The summed E-state index contributed by atoms with van der Waals surface area (Å²) < 4.78 is 5.36. The molecule has 1 aliphatic heterocycles. The monoisotopic (exact) mass is 260 g/mol. The minimum absolute atomic E-state index is 0.0843. The van der Waals surface area contributed by atoms with Gasteiger partial charge in [0.05, 0.1) is 5.69 Å². The second-order valence-electron chi connectivity index (χ2n) is 5.50. The average molecular weight is 260 g/mol. The molecule has 3 rings (SSSR count). The Hall–Kier alpha value is -1.55. The minimum atomic E-state index is -0.0843. The maximum absolute atomic E-state index is 11.3. The third-order valence-corrected chi connectivity index (χ3v) is 3.84. The highest BCUT2D eigenvalue weighted by Gasteiger charge is 2.21. The van der Waals surface area contributed by atoms with Crippen LogP contribution in [0.4, 0.5) is 5.69 Å². The van der Waals surface area contributed by atoms with E-state index in [1.165, 1.54) is 24.8 Å². The van der Waals surface area contributed by atoms with Gasteiger partial charge >= 0.3 is 0 Å². The summed E-state index contributed by atoms with van der Waals surface area (Å²) in [7, 11) is 0. The Bertz CT molecular complexity index is 483. The van der Waals surface area contributed by atoms with Gasteiger partial charge in [-0.05, 0) is 43.5 Å². The van der Waals surface area contributed by atoms with Crippen LogP contribution in [0, 0.1) is 5.92 Å². The lowest BCUT2D eigenvalue weighted by molar-refractivity contribution is -0.118. The number of anilines is 1. The molecule has 0 aromatic heterocycles. The van der Waals surface area contributed by atoms with E-state index in [1.54, 1.807) is 0 Å². The first kappa shape index (κ1) is 12.5. The van der Waals surface area contributed by atoms with Crippen LogP contribution in [0.5, 0.6) is 5.75 Å². The first-order valence-electron chi connectivity index (χ1n) is 7.02. The average Bonchev–Trinajstić information content (AvgIpc) is 3.22. The molecule has 102 valence electrons. The molecule has 1 atom stereocenters. The van der Waals surface area contributed by atoms with Gasteiger partial charge in [-0.2, -0.15) is 0 Å². The van der Waals surface area contributed by atoms with Crippen molar-refractivity contribution in [1.82, 2.24) is 5.32 Å². The lowest BCUT2D eigenvalue weighted by Gasteiger charge is -2.21. The van der Waals surface area contributed by atoms with Crippen LogP contribution in [-0.2, 0) is 4.79 Å². The highest BCUT2D eigenvalue weighted by atomic mass is 16.5. The standard InChI is InChI=1S/C15H20N2O2/c1-10(16-7-6-11-2-3-11)12-4-5-14-13(8-12)17-15(18)9-19-14/h4-5,8,10-11,16H,2-3,6-7,9H2,1H3,(H,17,18). The fraction of sp³-hybridized carbons (Fsp3) is 0.533. The normalized spacial score (nSPS) is 19.3. The fourth-order valence-electron chi connectivity index (χ4n) is 2.40. The topological polar surface area (TPSA) is 50.4 Å². The number of carbonyl (C=O) groups excluding carboxylic acids is 1. The molecule has 0 bridgehead atoms. The molecule has 4 nitrogen and oxygen atoms in total. The Morgan fingerprint density at radius 1 is 1.47 bits per heavy atom. The van der Waals surface area contributed by atoms with Gasteiger partial charge in [-0.25, -0.2) is 0 Å². The van der Waals surface area contributed by atoms with Gasteiger partial charge in [0.25, 0.3) is 5.91 Å². The summed E-state index contributed by atoms with van der Waals surface area (Å²) in [6.07, 6.45) is 4.08. The molecule has 1 aromatic carbocycles. The summed E-state index contributed by atoms with van der Waals surface area (Å²) in [5.74, 6) is 1.63. The van der Waals surface area contributed by atoms with Crippen molar-refractivity contribution in [3.63, 3.8) is 0 Å². The summed E-state index contributed by atoms with van der Waals surface area (Å²) >= 11 is 0. The number of ether oxygens (including phenoxy) is 1. The summed E-state index contributed by atoms with van der Waals surface area (Å²) in [5.41, 5.74) is 1.96. The lowest BCUT2D eigenvalue weighted by atomic mass is 10.1. The molecule has 1 aliphatic carbocycles. The van der Waals surface area contributed by atoms with Gasteiger partial charge in [0.2, 0.25) is 0 Å². The van der Waals surface area contributed by atoms with E-state index in [-0.39, 0.29) is 12.5 Å². The number of benzene rings is 1. The predicted octanol–water partition coefficient (Wildman–Crippen LogP) is 2.47. The number of amides is 1. The van der Waals surface area contributed by atoms with E-state index in [9.17, 15) is 4.79 Å². The maximum Gasteiger partial charge on any atom is 0.262 e. The van der Waals surface area contributed by atoms with Crippen molar-refractivity contribution in [2.45, 2.75) is 32.2 Å². The molecule has 19 heavy (non-hydrogen) atoms. The zero-order valence-corrected chi connectivity index (χ0v) is 11.2. The van der Waals surface area contributed by atoms with Gasteiger partial charge in [-0.1, -0.05) is 18.9 Å². The first-order valence-corrected chi connectivity index (χ1v) is 7.02. The molecule has 1 unspecified atom stereocenters. The van der Waals surface area contributed by atoms with Gasteiger partial charge < -0.3 is 15.4 Å². The molecule has 0 saturated heterocycles. The number of hydrogen-bond donors (Lipinski definition) is 2. The molecule has 2 N–H and O–H groups in total. The van der Waals surface area contributed by atoms with Crippen molar-refractivity contribution in [2.24, 2.45) is 5.92 Å². The zero-order valence-electron chi connectivity index (χ0n) is 11.2. The van der Waals surface area contributed by atoms with E-state index >= 15 is 0 Å². The molecule has 0 spiro atoms. The largest absolute Gasteiger partial charge is 0.482 e. The number of rotatable bonds is 5. The molecule has 0 radical (unpaired) electrons. The van der Waals surface area contributed by atoms with Crippen LogP contribution < -0.4 is 15.4 Å². The Kier molecular flexibility index (Phi) is 3.42. The Morgan fingerprint density at radius 2 is 2.32 bits per heavy atom. The third-order valence-electron chi connectivity index (χ3n) is 3.84. The number of fused-ring (bicyclic) bond motifs is 1. The van der Waals surface area contributed by atoms with Gasteiger partial charge in [0.15, 0.2) is 6.61 Å². The summed E-state index contributed by atoms with van der Waals surface area (Å²) in [6, 6.07) is 6.29. The van der Waals surface area contributed by atoms with E-state index in [1.807, 2.05) is 12.1 Å². The number of carbonyl (C=O) groups is 1. The van der Waals surface area contributed by atoms with Crippen LogP contribution in [0.25, 0.3) is 0 Å². The Balaban J connectivity index is 1.62. The van der Waals surface area contributed by atoms with Crippen LogP contribution >= 0.6 is 0 Å². The van der Waals surface area contributed by atoms with E-state index in [4.69, 9.17) is 4.74 Å². The zero-order chi connectivity index (χ0) is 13.2. The quantitative estimate of drug-likeness (QED) is 0.855. The van der Waals surface area contributed by atoms with Crippen LogP contribution in [0.1, 0.15) is 37.8 Å². The van der Waals surface area contributed by atoms with Crippen molar-refractivity contribution in [3.8, 4) is 5.75 Å². The molecule has 1 aromatic rings. The highest BCUT2D eigenvalue weighted by molar-refractivity contribution is 5.95. The van der Waals surface area contributed by atoms with Crippen LogP contribution in [0.3, 0.4) is 0 Å². The van der Waals surface area contributed by atoms with Crippen molar-refractivity contribution in [2.75, 3.05) is 18.5 Å². The molecule has 2 aliphatic rings. The van der Waals surface area contributed by atoms with Crippen molar-refractivity contribution >= 4 is 11.6 Å². The summed E-state index contributed by atoms with van der Waals surface area (Å²) in [6.45, 7) is 3.33. The molecular weight excluding hydrogens is 240 g/mol. The minimum Gasteiger partial charge on any atom is -0.482 e. The predicted molar refractivity (Wildman–Crippen MR) is 74.3 cm³/mol. The van der Waals surface area contributed by atoms with Crippen molar-refractivity contribution < 1.29 is 9.53 Å². The van der Waals surface area contributed by atoms with Crippen molar-refractivity contribution in [3.05, 3.63) is 23.8 Å². The van der Waals surface area contributed by atoms with E-state index < -0.39 is 0 Å². The smallest absolute Gasteiger partial charge is 0.262 e. The first-order chi connectivity index (χ1) is 9.22. The summed E-state index contributed by atoms with van der Waals surface area (Å²) in [5, 5.41) is 6.38. The van der Waals surface area contributed by atoms with Gasteiger partial charge in [-0.3, -0.25) is 4.79 Å². The Labute approximate surface area is 113 Å². The fourth-order valence-corrected chi connectivity index (χ4v) is 2.40. The molecule has 1 saturated carbocycles. The maximum atomic E-state index is 11.3. The second kappa shape index (κ2) is 5.21. The van der Waals surface area contributed by atoms with Gasteiger partial charge in [0, 0.05) is 6.04 Å². The summed E-state index contributed by atoms with van der Waals surface area (Å²) in [4.78, 5) is 11.3. The van der Waals surface area contributed by atoms with Crippen LogP contribution in [0.2, 0.25) is 0 Å². The van der Waals surface area contributed by atoms with Crippen LogP contribution in [-0.4, -0.2) is 19.1 Å². The molecule has 1 fully saturated rings. The third kappa shape index (κ3) is 3.07.